The van der Waals surface area contributed by atoms with E-state index in [-0.39, 0.29) is 5.69 Å². The molecule has 0 saturated carbocycles. The average molecular weight is 327 g/mol. The molecule has 0 aliphatic heterocycles. The summed E-state index contributed by atoms with van der Waals surface area (Å²) in [6.45, 7) is 1.69. The molecule has 2 aromatic carbocycles. The van der Waals surface area contributed by atoms with Gasteiger partial charge in [-0.25, -0.2) is 13.8 Å². The van der Waals surface area contributed by atoms with Crippen molar-refractivity contribution >= 4 is 34.2 Å². The number of hydrogen-bond acceptors (Lipinski definition) is 1. The van der Waals surface area contributed by atoms with Crippen molar-refractivity contribution in [2.45, 2.75) is 12.3 Å². The summed E-state index contributed by atoms with van der Waals surface area (Å²) in [6, 6.07) is 8.76. The van der Waals surface area contributed by atoms with Gasteiger partial charge in [-0.1, -0.05) is 23.7 Å². The fourth-order valence-corrected chi connectivity index (χ4v) is 2.70. The fourth-order valence-electron chi connectivity index (χ4n) is 2.30. The predicted octanol–water partition coefficient (Wildman–Crippen LogP) is 5.26. The van der Waals surface area contributed by atoms with Crippen molar-refractivity contribution in [3.8, 4) is 5.69 Å². The Labute approximate surface area is 129 Å². The van der Waals surface area contributed by atoms with Crippen LogP contribution in [-0.4, -0.2) is 9.55 Å². The summed E-state index contributed by atoms with van der Waals surface area (Å²) in [6.07, 6.45) is 0. The largest absolute Gasteiger partial charge is 0.288 e. The Balaban J connectivity index is 2.48. The molecule has 108 valence electrons. The van der Waals surface area contributed by atoms with Crippen molar-refractivity contribution in [2.75, 3.05) is 0 Å². The lowest BCUT2D eigenvalue weighted by molar-refractivity contribution is 0.567. The molecule has 3 rings (SSSR count). The van der Waals surface area contributed by atoms with Gasteiger partial charge in [0.05, 0.1) is 21.4 Å². The summed E-state index contributed by atoms with van der Waals surface area (Å²) in [7, 11) is 0. The molecular weight excluding hydrogens is 317 g/mol. The van der Waals surface area contributed by atoms with Gasteiger partial charge in [0.25, 0.3) is 0 Å². The van der Waals surface area contributed by atoms with Crippen LogP contribution in [0.5, 0.6) is 0 Å². The van der Waals surface area contributed by atoms with E-state index in [0.717, 1.165) is 0 Å². The first-order valence-electron chi connectivity index (χ1n) is 6.26. The number of rotatable bonds is 2. The van der Waals surface area contributed by atoms with Crippen LogP contribution >= 0.6 is 23.2 Å². The molecule has 3 aromatic rings. The van der Waals surface area contributed by atoms with Gasteiger partial charge in [0.1, 0.15) is 23.1 Å². The normalized spacial score (nSPS) is 12.8. The van der Waals surface area contributed by atoms with Crippen LogP contribution in [0, 0.1) is 11.6 Å². The molecule has 1 atom stereocenters. The zero-order chi connectivity index (χ0) is 15.1. The summed E-state index contributed by atoms with van der Waals surface area (Å²) >= 11 is 12.3. The minimum atomic E-state index is -0.701. The summed E-state index contributed by atoms with van der Waals surface area (Å²) in [5.41, 5.74) is 0.744. The Bertz CT molecular complexity index is 808. The Morgan fingerprint density at radius 1 is 1.10 bits per heavy atom. The fraction of sp³-hybridized carbons (Fsp3) is 0.133. The van der Waals surface area contributed by atoms with Gasteiger partial charge in [0, 0.05) is 0 Å². The van der Waals surface area contributed by atoms with Crippen LogP contribution < -0.4 is 0 Å². The first kappa shape index (κ1) is 14.3. The maximum Gasteiger partial charge on any atom is 0.150 e. The molecular formula is C15H10Cl2F2N2. The van der Waals surface area contributed by atoms with Gasteiger partial charge in [0.15, 0.2) is 0 Å². The highest BCUT2D eigenvalue weighted by atomic mass is 35.5. The standard InChI is InChI=1S/C15H10Cl2F2N2/c1-8(16)15-20-12-7-2-4-9(17)13(12)21(15)14-10(18)5-3-6-11(14)19/h2-8H,1H3. The number of benzene rings is 2. The molecule has 1 aromatic heterocycles. The van der Waals surface area contributed by atoms with Crippen LogP contribution in [0.1, 0.15) is 18.1 Å². The van der Waals surface area contributed by atoms with Gasteiger partial charge in [-0.05, 0) is 31.2 Å². The molecule has 1 unspecified atom stereocenters. The first-order valence-corrected chi connectivity index (χ1v) is 7.07. The molecule has 0 radical (unpaired) electrons. The van der Waals surface area contributed by atoms with E-state index in [4.69, 9.17) is 23.2 Å². The van der Waals surface area contributed by atoms with E-state index in [9.17, 15) is 8.78 Å². The third-order valence-electron chi connectivity index (χ3n) is 3.17. The van der Waals surface area contributed by atoms with Gasteiger partial charge in [0.2, 0.25) is 0 Å². The van der Waals surface area contributed by atoms with Gasteiger partial charge in [-0.3, -0.25) is 4.57 Å². The third-order valence-corrected chi connectivity index (χ3v) is 3.67. The smallest absolute Gasteiger partial charge is 0.150 e. The maximum absolute atomic E-state index is 14.1. The van der Waals surface area contributed by atoms with Crippen LogP contribution in [0.2, 0.25) is 5.02 Å². The number of alkyl halides is 1. The van der Waals surface area contributed by atoms with Crippen LogP contribution in [0.25, 0.3) is 16.7 Å². The molecule has 21 heavy (non-hydrogen) atoms. The number of nitrogens with zero attached hydrogens (tertiary/aromatic N) is 2. The van der Waals surface area contributed by atoms with E-state index in [2.05, 4.69) is 4.98 Å². The van der Waals surface area contributed by atoms with Crippen molar-refractivity contribution < 1.29 is 8.78 Å². The van der Waals surface area contributed by atoms with Gasteiger partial charge >= 0.3 is 0 Å². The molecule has 6 heteroatoms. The topological polar surface area (TPSA) is 17.8 Å². The van der Waals surface area contributed by atoms with Crippen molar-refractivity contribution in [3.63, 3.8) is 0 Å². The van der Waals surface area contributed by atoms with E-state index in [0.29, 0.717) is 21.9 Å². The molecule has 0 bridgehead atoms. The highest BCUT2D eigenvalue weighted by molar-refractivity contribution is 6.35. The van der Waals surface area contributed by atoms with Crippen molar-refractivity contribution in [1.29, 1.82) is 0 Å². The zero-order valence-corrected chi connectivity index (χ0v) is 12.5. The van der Waals surface area contributed by atoms with E-state index in [1.807, 2.05) is 0 Å². The van der Waals surface area contributed by atoms with Crippen LogP contribution in [0.15, 0.2) is 36.4 Å². The second-order valence-corrected chi connectivity index (χ2v) is 5.66. The van der Waals surface area contributed by atoms with E-state index in [1.54, 1.807) is 25.1 Å². The van der Waals surface area contributed by atoms with Crippen molar-refractivity contribution in [2.24, 2.45) is 0 Å². The quantitative estimate of drug-likeness (QED) is 0.587. The van der Waals surface area contributed by atoms with E-state index in [1.165, 1.54) is 22.8 Å². The lowest BCUT2D eigenvalue weighted by Gasteiger charge is -2.13. The molecule has 2 nitrogen and oxygen atoms in total. The number of para-hydroxylation sites is 2. The Hall–Kier alpha value is -1.65. The Morgan fingerprint density at radius 2 is 1.71 bits per heavy atom. The molecule has 0 saturated heterocycles. The second kappa shape index (κ2) is 5.28. The van der Waals surface area contributed by atoms with Gasteiger partial charge < -0.3 is 0 Å². The predicted molar refractivity (Wildman–Crippen MR) is 80.3 cm³/mol. The molecule has 0 aliphatic carbocycles. The zero-order valence-electron chi connectivity index (χ0n) is 10.9. The molecule has 0 amide bonds. The summed E-state index contributed by atoms with van der Waals surface area (Å²) < 4.78 is 29.6. The lowest BCUT2D eigenvalue weighted by atomic mass is 10.2. The summed E-state index contributed by atoms with van der Waals surface area (Å²) in [4.78, 5) is 4.34. The summed E-state index contributed by atoms with van der Waals surface area (Å²) in [5.74, 6) is -1.07. The van der Waals surface area contributed by atoms with Gasteiger partial charge in [-0.2, -0.15) is 0 Å². The highest BCUT2D eigenvalue weighted by Crippen LogP contribution is 2.33. The third kappa shape index (κ3) is 2.28. The van der Waals surface area contributed by atoms with Crippen molar-refractivity contribution in [3.05, 3.63) is 58.9 Å². The minimum Gasteiger partial charge on any atom is -0.288 e. The van der Waals surface area contributed by atoms with Crippen molar-refractivity contribution in [1.82, 2.24) is 9.55 Å². The molecule has 0 N–H and O–H groups in total. The SMILES string of the molecule is CC(Cl)c1nc2cccc(Cl)c2n1-c1c(F)cccc1F. The molecule has 0 fully saturated rings. The second-order valence-electron chi connectivity index (χ2n) is 4.60. The molecule has 1 heterocycles. The number of fused-ring (bicyclic) bond motifs is 1. The number of aromatic nitrogens is 2. The summed E-state index contributed by atoms with van der Waals surface area (Å²) in [5, 5.41) is -0.182. The minimum absolute atomic E-state index is 0.226. The lowest BCUT2D eigenvalue weighted by Crippen LogP contribution is -2.07. The Morgan fingerprint density at radius 3 is 2.33 bits per heavy atom. The number of hydrogen-bond donors (Lipinski definition) is 0. The van der Waals surface area contributed by atoms with E-state index >= 15 is 0 Å². The number of halogens is 4. The van der Waals surface area contributed by atoms with E-state index < -0.39 is 17.0 Å². The number of imidazole rings is 1. The van der Waals surface area contributed by atoms with Gasteiger partial charge in [-0.15, -0.1) is 11.6 Å². The van der Waals surface area contributed by atoms with Crippen LogP contribution in [-0.2, 0) is 0 Å². The average Bonchev–Trinajstić information content (AvgIpc) is 2.80. The monoisotopic (exact) mass is 326 g/mol. The van der Waals surface area contributed by atoms with Crippen LogP contribution in [0.3, 0.4) is 0 Å². The molecule has 0 aliphatic rings. The molecule has 0 spiro atoms. The maximum atomic E-state index is 14.1. The highest BCUT2D eigenvalue weighted by Gasteiger charge is 2.22. The Kier molecular flexibility index (Phi) is 3.59. The first-order chi connectivity index (χ1) is 10.0. The van der Waals surface area contributed by atoms with Crippen LogP contribution in [0.4, 0.5) is 8.78 Å².